The summed E-state index contributed by atoms with van der Waals surface area (Å²) in [5.74, 6) is -2.21. The molecule has 3 saturated heterocycles. The summed E-state index contributed by atoms with van der Waals surface area (Å²) in [4.78, 5) is 46.1. The number of rotatable bonds is 8. The van der Waals surface area contributed by atoms with Gasteiger partial charge >= 0.3 is 0 Å². The number of piperidine rings is 1. The molecule has 6 rings (SSSR count). The van der Waals surface area contributed by atoms with Gasteiger partial charge in [-0.25, -0.2) is 4.39 Å². The van der Waals surface area contributed by atoms with Gasteiger partial charge in [0, 0.05) is 18.3 Å². The number of anilines is 1. The Morgan fingerprint density at radius 1 is 1.10 bits per heavy atom. The highest BCUT2D eigenvalue weighted by Gasteiger charge is 2.72. The maximum atomic E-state index is 14.2. The van der Waals surface area contributed by atoms with Crippen LogP contribution in [-0.4, -0.2) is 77.5 Å². The highest BCUT2D eigenvalue weighted by Crippen LogP contribution is 2.55. The molecule has 0 unspecified atom stereocenters. The molecule has 1 aromatic carbocycles. The lowest BCUT2D eigenvalue weighted by molar-refractivity contribution is -0.141. The first kappa shape index (κ1) is 29.6. The molecule has 8 nitrogen and oxygen atoms in total. The van der Waals surface area contributed by atoms with Gasteiger partial charge in [-0.3, -0.25) is 14.4 Å². The molecule has 1 aromatic rings. The van der Waals surface area contributed by atoms with Gasteiger partial charge < -0.3 is 25.2 Å². The summed E-state index contributed by atoms with van der Waals surface area (Å²) in [7, 11) is 0. The Kier molecular flexibility index (Phi) is 8.37. The molecule has 1 saturated carbocycles. The second-order valence-electron chi connectivity index (χ2n) is 13.0. The topological polar surface area (TPSA) is 91.0 Å². The van der Waals surface area contributed by atoms with Crippen molar-refractivity contribution in [3.8, 4) is 0 Å². The van der Waals surface area contributed by atoms with E-state index in [1.54, 1.807) is 4.90 Å². The van der Waals surface area contributed by atoms with Crippen LogP contribution in [0.3, 0.4) is 0 Å². The Bertz CT molecular complexity index is 1250. The van der Waals surface area contributed by atoms with E-state index in [-0.39, 0.29) is 22.9 Å². The molecule has 0 radical (unpaired) electrons. The van der Waals surface area contributed by atoms with Crippen LogP contribution >= 0.6 is 11.6 Å². The molecule has 8 atom stereocenters. The molecule has 228 valence electrons. The van der Waals surface area contributed by atoms with Crippen molar-refractivity contribution in [2.75, 3.05) is 31.5 Å². The summed E-state index contributed by atoms with van der Waals surface area (Å²) in [6, 6.07) is 3.16. The van der Waals surface area contributed by atoms with E-state index in [1.165, 1.54) is 37.5 Å². The van der Waals surface area contributed by atoms with Crippen LogP contribution in [0.4, 0.5) is 10.1 Å². The summed E-state index contributed by atoms with van der Waals surface area (Å²) in [6.07, 6.45) is 10.5. The molecule has 1 aliphatic carbocycles. The zero-order valence-electron chi connectivity index (χ0n) is 24.5. The average molecular weight is 601 g/mol. The maximum Gasteiger partial charge on any atom is 0.246 e. The Morgan fingerprint density at radius 2 is 1.88 bits per heavy atom. The highest BCUT2D eigenvalue weighted by atomic mass is 35.5. The van der Waals surface area contributed by atoms with Crippen LogP contribution in [0.15, 0.2) is 30.4 Å². The van der Waals surface area contributed by atoms with Gasteiger partial charge in [-0.1, -0.05) is 56.9 Å². The van der Waals surface area contributed by atoms with Crippen molar-refractivity contribution >= 4 is 35.0 Å². The lowest BCUT2D eigenvalue weighted by atomic mass is 9.73. The maximum absolute atomic E-state index is 14.2. The molecule has 4 fully saturated rings. The highest BCUT2D eigenvalue weighted by molar-refractivity contribution is 6.31. The van der Waals surface area contributed by atoms with E-state index in [1.807, 2.05) is 12.2 Å². The van der Waals surface area contributed by atoms with Crippen molar-refractivity contribution in [2.45, 2.75) is 82.6 Å². The molecular weight excluding hydrogens is 559 g/mol. The fourth-order valence-corrected chi connectivity index (χ4v) is 8.18. The van der Waals surface area contributed by atoms with Gasteiger partial charge in [-0.2, -0.15) is 0 Å². The second-order valence-corrected chi connectivity index (χ2v) is 13.4. The standard InChI is InChI=1S/C32H42ClFN4O4/c1-19-8-6-9-24(20(19)2)36-30(40)28-32-13-12-25(42-32)26(29(39)35-21-10-11-23(34)22(33)18-21)27(32)31(41)38(28)17-7-16-37-14-4-3-5-15-37/h10-13,18-20,24-28H,3-9,14-17H2,1-2H3,(H,35,39)(H,36,40)/t19-,20+,24+,25+,26+,27+,28+,32+/m1/s1. The minimum Gasteiger partial charge on any atom is -0.359 e. The number of amides is 3. The molecule has 0 aromatic heterocycles. The molecule has 4 aliphatic heterocycles. The summed E-state index contributed by atoms with van der Waals surface area (Å²) >= 11 is 5.94. The number of hydrogen-bond acceptors (Lipinski definition) is 5. The SMILES string of the molecule is C[C@H]1[C@H](C)CCC[C@@H]1NC(=O)[C@@H]1N(CCCN2CCCCC2)C(=O)[C@@H]2[C@@H](C(=O)Nc3ccc(F)c(Cl)c3)[C@@H]3C=C[C@]21O3. The normalized spacial score (nSPS) is 35.9. The van der Waals surface area contributed by atoms with Crippen LogP contribution in [0.2, 0.25) is 5.02 Å². The van der Waals surface area contributed by atoms with Gasteiger partial charge in [0.2, 0.25) is 17.7 Å². The number of carbonyl (C=O) groups excluding carboxylic acids is 3. The third kappa shape index (κ3) is 5.26. The summed E-state index contributed by atoms with van der Waals surface area (Å²) < 4.78 is 20.2. The van der Waals surface area contributed by atoms with Gasteiger partial charge in [0.25, 0.3) is 0 Å². The molecular formula is C32H42ClFN4O4. The fourth-order valence-electron chi connectivity index (χ4n) is 8.00. The summed E-state index contributed by atoms with van der Waals surface area (Å²) in [5.41, 5.74) is -0.867. The summed E-state index contributed by atoms with van der Waals surface area (Å²) in [5, 5.41) is 6.01. The zero-order valence-corrected chi connectivity index (χ0v) is 25.2. The van der Waals surface area contributed by atoms with E-state index in [4.69, 9.17) is 16.3 Å². The van der Waals surface area contributed by atoms with E-state index in [2.05, 4.69) is 29.4 Å². The van der Waals surface area contributed by atoms with Crippen molar-refractivity contribution < 1.29 is 23.5 Å². The number of carbonyl (C=O) groups is 3. The molecule has 3 amide bonds. The van der Waals surface area contributed by atoms with Crippen LogP contribution < -0.4 is 10.6 Å². The largest absolute Gasteiger partial charge is 0.359 e. The number of fused-ring (bicyclic) bond motifs is 1. The molecule has 2 N–H and O–H groups in total. The van der Waals surface area contributed by atoms with E-state index in [0.717, 1.165) is 45.3 Å². The first-order valence-electron chi connectivity index (χ1n) is 15.7. The number of nitrogens with zero attached hydrogens (tertiary/aromatic N) is 2. The van der Waals surface area contributed by atoms with Crippen LogP contribution in [0.1, 0.15) is 58.8 Å². The second kappa shape index (κ2) is 11.9. The number of nitrogens with one attached hydrogen (secondary N) is 2. The first-order chi connectivity index (χ1) is 20.2. The van der Waals surface area contributed by atoms with Crippen molar-refractivity contribution in [3.63, 3.8) is 0 Å². The predicted molar refractivity (Wildman–Crippen MR) is 158 cm³/mol. The van der Waals surface area contributed by atoms with E-state index >= 15 is 0 Å². The summed E-state index contributed by atoms with van der Waals surface area (Å²) in [6.45, 7) is 7.82. The van der Waals surface area contributed by atoms with Crippen LogP contribution in [0.5, 0.6) is 0 Å². The van der Waals surface area contributed by atoms with Crippen molar-refractivity contribution in [1.29, 1.82) is 0 Å². The van der Waals surface area contributed by atoms with Crippen molar-refractivity contribution in [2.24, 2.45) is 23.7 Å². The first-order valence-corrected chi connectivity index (χ1v) is 16.0. The van der Waals surface area contributed by atoms with E-state index in [9.17, 15) is 18.8 Å². The minimum atomic E-state index is -1.21. The molecule has 2 bridgehead atoms. The number of likely N-dealkylation sites (tertiary alicyclic amines) is 2. The number of benzene rings is 1. The van der Waals surface area contributed by atoms with Crippen LogP contribution in [-0.2, 0) is 19.1 Å². The molecule has 1 spiro atoms. The van der Waals surface area contributed by atoms with Crippen LogP contribution in [0, 0.1) is 29.5 Å². The quantitative estimate of drug-likeness (QED) is 0.432. The third-order valence-electron chi connectivity index (χ3n) is 10.5. The predicted octanol–water partition coefficient (Wildman–Crippen LogP) is 4.39. The molecule has 5 aliphatic rings. The number of ether oxygens (including phenoxy) is 1. The van der Waals surface area contributed by atoms with Gasteiger partial charge in [0.05, 0.1) is 23.0 Å². The van der Waals surface area contributed by atoms with Crippen molar-refractivity contribution in [1.82, 2.24) is 15.1 Å². The van der Waals surface area contributed by atoms with Crippen molar-refractivity contribution in [3.05, 3.63) is 41.2 Å². The Hall–Kier alpha value is -2.49. The average Bonchev–Trinajstić information content (AvgIpc) is 3.61. The Morgan fingerprint density at radius 3 is 2.64 bits per heavy atom. The lowest BCUT2D eigenvalue weighted by Crippen LogP contribution is -2.58. The van der Waals surface area contributed by atoms with Gasteiger partial charge in [-0.05, 0) is 75.4 Å². The van der Waals surface area contributed by atoms with Crippen LogP contribution in [0.25, 0.3) is 0 Å². The monoisotopic (exact) mass is 600 g/mol. The Labute approximate surface area is 252 Å². The third-order valence-corrected chi connectivity index (χ3v) is 10.8. The molecule has 42 heavy (non-hydrogen) atoms. The minimum absolute atomic E-state index is 0.0342. The fraction of sp³-hybridized carbons (Fsp3) is 0.656. The smallest absolute Gasteiger partial charge is 0.246 e. The van der Waals surface area contributed by atoms with Gasteiger partial charge in [0.15, 0.2) is 0 Å². The van der Waals surface area contributed by atoms with Gasteiger partial charge in [0.1, 0.15) is 17.5 Å². The zero-order chi connectivity index (χ0) is 29.6. The number of hydrogen-bond donors (Lipinski definition) is 2. The lowest BCUT2D eigenvalue weighted by Gasteiger charge is -2.38. The van der Waals surface area contributed by atoms with Gasteiger partial charge in [-0.15, -0.1) is 0 Å². The Balaban J connectivity index is 1.25. The molecule has 4 heterocycles. The van der Waals surface area contributed by atoms with E-state index < -0.39 is 41.3 Å². The number of halogens is 2. The molecule has 10 heteroatoms. The van der Waals surface area contributed by atoms with E-state index in [0.29, 0.717) is 24.1 Å².